The van der Waals surface area contributed by atoms with Gasteiger partial charge in [-0.25, -0.2) is 0 Å². The molecule has 3 aromatic rings. The third-order valence-corrected chi connectivity index (χ3v) is 7.76. The maximum Gasteiger partial charge on any atom is 0.261 e. The van der Waals surface area contributed by atoms with Crippen molar-refractivity contribution in [2.45, 2.75) is 57.7 Å². The topological polar surface area (TPSA) is 75.6 Å². The third-order valence-electron chi connectivity index (χ3n) is 7.76. The summed E-state index contributed by atoms with van der Waals surface area (Å²) in [7, 11) is 1.78. The number of pyridine rings is 2. The lowest BCUT2D eigenvalue weighted by Gasteiger charge is -2.45. The van der Waals surface area contributed by atoms with Crippen LogP contribution in [0.5, 0.6) is 0 Å². The van der Waals surface area contributed by atoms with Crippen LogP contribution in [0.15, 0.2) is 60.9 Å². The van der Waals surface area contributed by atoms with E-state index in [9.17, 15) is 9.59 Å². The molecule has 3 atom stereocenters. The fraction of sp³-hybridized carbons (Fsp3) is 0.400. The van der Waals surface area contributed by atoms with Gasteiger partial charge >= 0.3 is 0 Å². The number of imide groups is 1. The van der Waals surface area contributed by atoms with Gasteiger partial charge in [0, 0.05) is 26.0 Å². The highest BCUT2D eigenvalue weighted by Gasteiger charge is 2.40. The SMILES string of the molecule is COC1C[C@H](c2ncccc2C)N(CCCCN2C(=O)c3ccccc3C2=O)[C@H](c2ncccc2C)C1. The maximum absolute atomic E-state index is 12.8. The summed E-state index contributed by atoms with van der Waals surface area (Å²) in [6.07, 6.45) is 7.12. The molecule has 192 valence electrons. The largest absolute Gasteiger partial charge is 0.381 e. The van der Waals surface area contributed by atoms with E-state index in [-0.39, 0.29) is 30.0 Å². The number of piperidine rings is 1. The fourth-order valence-corrected chi connectivity index (χ4v) is 5.82. The van der Waals surface area contributed by atoms with E-state index >= 15 is 0 Å². The van der Waals surface area contributed by atoms with Gasteiger partial charge in [-0.05, 0) is 81.5 Å². The van der Waals surface area contributed by atoms with E-state index in [1.54, 1.807) is 31.4 Å². The van der Waals surface area contributed by atoms with Gasteiger partial charge in [-0.1, -0.05) is 24.3 Å². The number of carbonyl (C=O) groups excluding carboxylic acids is 2. The molecule has 0 spiro atoms. The smallest absolute Gasteiger partial charge is 0.261 e. The number of amides is 2. The number of aromatic nitrogens is 2. The normalized spacial score (nSPS) is 21.9. The van der Waals surface area contributed by atoms with Crippen molar-refractivity contribution in [3.05, 3.63) is 94.6 Å². The van der Waals surface area contributed by atoms with Crippen LogP contribution in [-0.4, -0.2) is 57.9 Å². The number of unbranched alkanes of at least 4 members (excludes halogenated alkanes) is 1. The van der Waals surface area contributed by atoms with Crippen molar-refractivity contribution in [1.82, 2.24) is 19.8 Å². The van der Waals surface area contributed by atoms with Gasteiger partial charge in [-0.2, -0.15) is 0 Å². The van der Waals surface area contributed by atoms with Crippen molar-refractivity contribution in [3.8, 4) is 0 Å². The first-order valence-electron chi connectivity index (χ1n) is 13.1. The maximum atomic E-state index is 12.8. The highest BCUT2D eigenvalue weighted by molar-refractivity contribution is 6.21. The van der Waals surface area contributed by atoms with Crippen molar-refractivity contribution in [3.63, 3.8) is 0 Å². The molecule has 0 aliphatic carbocycles. The Labute approximate surface area is 218 Å². The molecule has 1 fully saturated rings. The molecular weight excluding hydrogens is 464 g/mol. The number of rotatable bonds is 8. The summed E-state index contributed by atoms with van der Waals surface area (Å²) in [4.78, 5) is 39.1. The number of carbonyl (C=O) groups is 2. The number of aryl methyl sites for hydroxylation is 2. The molecule has 7 nitrogen and oxygen atoms in total. The zero-order valence-electron chi connectivity index (χ0n) is 21.8. The molecule has 7 heteroatoms. The van der Waals surface area contributed by atoms with E-state index < -0.39 is 0 Å². The van der Waals surface area contributed by atoms with Crippen LogP contribution < -0.4 is 0 Å². The van der Waals surface area contributed by atoms with Crippen LogP contribution in [0.1, 0.15) is 81.0 Å². The second-order valence-electron chi connectivity index (χ2n) is 10.0. The Hall–Kier alpha value is -3.42. The lowest BCUT2D eigenvalue weighted by Crippen LogP contribution is -2.43. The van der Waals surface area contributed by atoms with Crippen molar-refractivity contribution < 1.29 is 14.3 Å². The molecule has 0 radical (unpaired) electrons. The van der Waals surface area contributed by atoms with E-state index in [0.29, 0.717) is 17.7 Å². The summed E-state index contributed by atoms with van der Waals surface area (Å²) in [6.45, 7) is 5.45. The monoisotopic (exact) mass is 498 g/mol. The summed E-state index contributed by atoms with van der Waals surface area (Å²) >= 11 is 0. The second-order valence-corrected chi connectivity index (χ2v) is 10.0. The van der Waals surface area contributed by atoms with Gasteiger partial charge < -0.3 is 4.74 Å². The molecule has 0 saturated carbocycles. The van der Waals surface area contributed by atoms with Crippen molar-refractivity contribution in [1.29, 1.82) is 0 Å². The van der Waals surface area contributed by atoms with Crippen LogP contribution in [0.4, 0.5) is 0 Å². The fourth-order valence-electron chi connectivity index (χ4n) is 5.82. The van der Waals surface area contributed by atoms with Crippen LogP contribution in [-0.2, 0) is 4.74 Å². The molecule has 2 aromatic heterocycles. The Bertz CT molecular complexity index is 1200. The average molecular weight is 499 g/mol. The first-order chi connectivity index (χ1) is 18.0. The van der Waals surface area contributed by atoms with Crippen molar-refractivity contribution >= 4 is 11.8 Å². The van der Waals surface area contributed by atoms with E-state index in [1.165, 1.54) is 4.90 Å². The molecule has 2 aliphatic rings. The third kappa shape index (κ3) is 4.93. The molecule has 37 heavy (non-hydrogen) atoms. The lowest BCUT2D eigenvalue weighted by molar-refractivity contribution is -0.0279. The molecule has 2 amide bonds. The summed E-state index contributed by atoms with van der Waals surface area (Å²) in [5.74, 6) is -0.379. The van der Waals surface area contributed by atoms with Gasteiger partial charge in [0.15, 0.2) is 0 Å². The number of methoxy groups -OCH3 is 1. The standard InChI is InChI=1S/C30H34N4O3/c1-20-10-8-14-31-27(20)25-18-22(37-3)19-26(28-21(2)11-9-15-32-28)33(25)16-6-7-17-34-29(35)23-12-4-5-13-24(23)30(34)36/h4-5,8-15,22,25-26H,6-7,16-19H2,1-3H3/t22?,25-,26+. The molecule has 1 unspecified atom stereocenters. The highest BCUT2D eigenvalue weighted by Crippen LogP contribution is 2.43. The first kappa shape index (κ1) is 25.2. The summed E-state index contributed by atoms with van der Waals surface area (Å²) < 4.78 is 5.91. The average Bonchev–Trinajstić information content (AvgIpc) is 3.16. The van der Waals surface area contributed by atoms with Crippen LogP contribution in [0.2, 0.25) is 0 Å². The van der Waals surface area contributed by atoms with E-state index in [1.807, 2.05) is 24.5 Å². The minimum atomic E-state index is -0.189. The number of hydrogen-bond acceptors (Lipinski definition) is 6. The van der Waals surface area contributed by atoms with E-state index in [4.69, 9.17) is 14.7 Å². The Morgan fingerprint density at radius 3 is 1.78 bits per heavy atom. The van der Waals surface area contributed by atoms with Gasteiger partial charge in [0.05, 0.1) is 40.7 Å². The predicted octanol–water partition coefficient (Wildman–Crippen LogP) is 5.06. The Morgan fingerprint density at radius 2 is 1.30 bits per heavy atom. The van der Waals surface area contributed by atoms with Crippen LogP contribution >= 0.6 is 0 Å². The minimum Gasteiger partial charge on any atom is -0.381 e. The molecule has 4 heterocycles. The number of nitrogens with zero attached hydrogens (tertiary/aromatic N) is 4. The lowest BCUT2D eigenvalue weighted by atomic mass is 9.86. The molecule has 0 bridgehead atoms. The number of ether oxygens (including phenoxy) is 1. The molecule has 0 N–H and O–H groups in total. The summed E-state index contributed by atoms with van der Waals surface area (Å²) in [5.41, 5.74) is 5.48. The summed E-state index contributed by atoms with van der Waals surface area (Å²) in [5, 5.41) is 0. The molecule has 1 saturated heterocycles. The van der Waals surface area contributed by atoms with E-state index in [0.717, 1.165) is 54.7 Å². The van der Waals surface area contributed by atoms with Gasteiger partial charge in [-0.15, -0.1) is 0 Å². The number of benzene rings is 1. The predicted molar refractivity (Wildman–Crippen MR) is 141 cm³/mol. The van der Waals surface area contributed by atoms with Crippen LogP contribution in [0, 0.1) is 13.8 Å². The summed E-state index contributed by atoms with van der Waals surface area (Å²) in [6, 6.07) is 15.4. The Morgan fingerprint density at radius 1 is 0.784 bits per heavy atom. The van der Waals surface area contributed by atoms with Crippen LogP contribution in [0.3, 0.4) is 0 Å². The second kappa shape index (κ2) is 10.9. The molecule has 5 rings (SSSR count). The van der Waals surface area contributed by atoms with Gasteiger partial charge in [0.1, 0.15) is 0 Å². The van der Waals surface area contributed by atoms with Crippen molar-refractivity contribution in [2.24, 2.45) is 0 Å². The zero-order chi connectivity index (χ0) is 25.9. The van der Waals surface area contributed by atoms with Crippen molar-refractivity contribution in [2.75, 3.05) is 20.2 Å². The Kier molecular flexibility index (Phi) is 7.44. The van der Waals surface area contributed by atoms with E-state index in [2.05, 4.69) is 30.9 Å². The number of fused-ring (bicyclic) bond motifs is 1. The minimum absolute atomic E-state index is 0.0885. The number of likely N-dealkylation sites (tertiary alicyclic amines) is 1. The quantitative estimate of drug-likeness (QED) is 0.319. The molecular formula is C30H34N4O3. The number of hydrogen-bond donors (Lipinski definition) is 0. The first-order valence-corrected chi connectivity index (χ1v) is 13.1. The van der Waals surface area contributed by atoms with Crippen LogP contribution in [0.25, 0.3) is 0 Å². The Balaban J connectivity index is 1.36. The highest BCUT2D eigenvalue weighted by atomic mass is 16.5. The van der Waals surface area contributed by atoms with Gasteiger partial charge in [0.2, 0.25) is 0 Å². The molecule has 2 aliphatic heterocycles. The van der Waals surface area contributed by atoms with Gasteiger partial charge in [-0.3, -0.25) is 29.4 Å². The zero-order valence-corrected chi connectivity index (χ0v) is 21.8. The molecule has 1 aromatic carbocycles. The van der Waals surface area contributed by atoms with Gasteiger partial charge in [0.25, 0.3) is 11.8 Å².